The van der Waals surface area contributed by atoms with Gasteiger partial charge in [-0.2, -0.15) is 0 Å². The summed E-state index contributed by atoms with van der Waals surface area (Å²) in [5, 5.41) is 5.23. The highest BCUT2D eigenvalue weighted by atomic mass is 35.5. The number of nitrogens with zero attached hydrogens (tertiary/aromatic N) is 2. The average Bonchev–Trinajstić information content (AvgIpc) is 3.35. The van der Waals surface area contributed by atoms with Crippen LogP contribution in [0.4, 0.5) is 4.39 Å². The lowest BCUT2D eigenvalue weighted by atomic mass is 9.93. The number of halogens is 2. The van der Waals surface area contributed by atoms with Gasteiger partial charge >= 0.3 is 0 Å². The summed E-state index contributed by atoms with van der Waals surface area (Å²) in [5.74, 6) is 1.28. The molecule has 1 fully saturated rings. The molecule has 1 aliphatic heterocycles. The van der Waals surface area contributed by atoms with Gasteiger partial charge in [0.1, 0.15) is 11.6 Å². The molecule has 156 valence electrons. The van der Waals surface area contributed by atoms with E-state index in [9.17, 15) is 4.39 Å². The monoisotopic (exact) mass is 424 g/mol. The Balaban J connectivity index is 1.40. The minimum atomic E-state index is -0.247. The number of imidazole rings is 1. The predicted octanol–water partition coefficient (Wildman–Crippen LogP) is 6.07. The lowest BCUT2D eigenvalue weighted by molar-refractivity contribution is 0.341. The van der Waals surface area contributed by atoms with Crippen LogP contribution in [0.2, 0.25) is 5.02 Å². The van der Waals surface area contributed by atoms with E-state index in [1.54, 1.807) is 13.0 Å². The molecule has 0 unspecified atom stereocenters. The maximum atomic E-state index is 13.9. The molecule has 0 spiro atoms. The molecule has 1 saturated heterocycles. The Morgan fingerprint density at radius 2 is 2.03 bits per heavy atom. The van der Waals surface area contributed by atoms with Crippen molar-refractivity contribution in [1.29, 1.82) is 0 Å². The number of nitrogens with one attached hydrogen (secondary N) is 2. The summed E-state index contributed by atoms with van der Waals surface area (Å²) < 4.78 is 16.2. The first-order valence-electron chi connectivity index (χ1n) is 10.7. The van der Waals surface area contributed by atoms with Gasteiger partial charge in [0, 0.05) is 34.8 Å². The summed E-state index contributed by atoms with van der Waals surface area (Å²) in [4.78, 5) is 7.92. The van der Waals surface area contributed by atoms with Crippen molar-refractivity contribution in [2.45, 2.75) is 39.2 Å². The van der Waals surface area contributed by atoms with E-state index in [0.717, 1.165) is 47.5 Å². The topological polar surface area (TPSA) is 45.6 Å². The van der Waals surface area contributed by atoms with Crippen LogP contribution in [0.25, 0.3) is 33.3 Å². The maximum Gasteiger partial charge on any atom is 0.140 e. The van der Waals surface area contributed by atoms with Gasteiger partial charge in [0.25, 0.3) is 0 Å². The van der Waals surface area contributed by atoms with Crippen molar-refractivity contribution in [1.82, 2.24) is 19.9 Å². The number of aryl methyl sites for hydroxylation is 2. The lowest BCUT2D eigenvalue weighted by Crippen LogP contribution is -2.27. The minimum Gasteiger partial charge on any atom is -0.347 e. The van der Waals surface area contributed by atoms with E-state index in [2.05, 4.69) is 38.2 Å². The van der Waals surface area contributed by atoms with Crippen molar-refractivity contribution in [3.05, 3.63) is 52.9 Å². The summed E-state index contributed by atoms with van der Waals surface area (Å²) in [6.07, 6.45) is 7.20. The van der Waals surface area contributed by atoms with Crippen LogP contribution >= 0.6 is 11.6 Å². The normalized spacial score (nSPS) is 15.4. The molecule has 6 heteroatoms. The zero-order valence-electron chi connectivity index (χ0n) is 17.1. The standard InChI is InChI=1S/C24H26ClFN4/c1-15-20(26)4-5-21-23(15)29-24(28-21)18-13-17-8-12-30(22(17)14-19(18)25)11-2-3-16-6-9-27-10-7-16/h4-5,8,12-14,16,27H,2-3,6-7,9-11H2,1H3,(H,28,29). The van der Waals surface area contributed by atoms with Crippen LogP contribution in [0.3, 0.4) is 0 Å². The molecule has 30 heavy (non-hydrogen) atoms. The van der Waals surface area contributed by atoms with Gasteiger partial charge in [-0.25, -0.2) is 9.37 Å². The molecule has 3 heterocycles. The summed E-state index contributed by atoms with van der Waals surface area (Å²) in [7, 11) is 0. The number of H-pyrrole nitrogens is 1. The van der Waals surface area contributed by atoms with E-state index in [1.807, 2.05) is 6.07 Å². The van der Waals surface area contributed by atoms with Crippen molar-refractivity contribution in [3.8, 4) is 11.4 Å². The molecule has 0 saturated carbocycles. The molecule has 0 bridgehead atoms. The van der Waals surface area contributed by atoms with Gasteiger partial charge in [-0.05, 0) is 81.9 Å². The van der Waals surface area contributed by atoms with Crippen molar-refractivity contribution in [3.63, 3.8) is 0 Å². The van der Waals surface area contributed by atoms with Gasteiger partial charge in [-0.1, -0.05) is 11.6 Å². The number of benzene rings is 2. The molecule has 4 nitrogen and oxygen atoms in total. The molecular weight excluding hydrogens is 399 g/mol. The molecule has 1 aliphatic rings. The minimum absolute atomic E-state index is 0.247. The van der Waals surface area contributed by atoms with E-state index < -0.39 is 0 Å². The Kier molecular flexibility index (Phi) is 5.25. The highest BCUT2D eigenvalue weighted by molar-refractivity contribution is 6.34. The number of aromatic amines is 1. The summed E-state index contributed by atoms with van der Waals surface area (Å²) >= 11 is 6.67. The quantitative estimate of drug-likeness (QED) is 0.408. The zero-order chi connectivity index (χ0) is 20.7. The van der Waals surface area contributed by atoms with E-state index in [0.29, 0.717) is 21.9 Å². The van der Waals surface area contributed by atoms with Gasteiger partial charge in [-0.15, -0.1) is 0 Å². The van der Waals surface area contributed by atoms with Crippen molar-refractivity contribution in [2.24, 2.45) is 5.92 Å². The summed E-state index contributed by atoms with van der Waals surface area (Å²) in [6, 6.07) is 9.42. The molecular formula is C24H26ClFN4. The SMILES string of the molecule is Cc1c(F)ccc2[nH]c(-c3cc4ccn(CCCC5CCNCC5)c4cc3Cl)nc12. The average molecular weight is 425 g/mol. The van der Waals surface area contributed by atoms with E-state index in [4.69, 9.17) is 11.6 Å². The predicted molar refractivity (Wildman–Crippen MR) is 122 cm³/mol. The first-order chi connectivity index (χ1) is 14.6. The molecule has 0 radical (unpaired) electrons. The van der Waals surface area contributed by atoms with Crippen molar-refractivity contribution >= 4 is 33.5 Å². The molecule has 2 N–H and O–H groups in total. The van der Waals surface area contributed by atoms with Crippen LogP contribution in [0.15, 0.2) is 36.5 Å². The number of hydrogen-bond acceptors (Lipinski definition) is 2. The van der Waals surface area contributed by atoms with Crippen LogP contribution in [0, 0.1) is 18.7 Å². The Morgan fingerprint density at radius 3 is 2.87 bits per heavy atom. The number of fused-ring (bicyclic) bond motifs is 2. The second kappa shape index (κ2) is 8.05. The molecule has 5 rings (SSSR count). The van der Waals surface area contributed by atoms with Crippen LogP contribution in [-0.2, 0) is 6.54 Å². The van der Waals surface area contributed by atoms with Crippen molar-refractivity contribution < 1.29 is 4.39 Å². The van der Waals surface area contributed by atoms with Gasteiger partial charge in [-0.3, -0.25) is 0 Å². The van der Waals surface area contributed by atoms with Gasteiger partial charge in [0.05, 0.1) is 16.1 Å². The van der Waals surface area contributed by atoms with Gasteiger partial charge in [0.15, 0.2) is 0 Å². The number of aromatic nitrogens is 3. The fraction of sp³-hybridized carbons (Fsp3) is 0.375. The largest absolute Gasteiger partial charge is 0.347 e. The smallest absolute Gasteiger partial charge is 0.140 e. The maximum absolute atomic E-state index is 13.9. The molecule has 0 atom stereocenters. The molecule has 4 aromatic rings. The molecule has 2 aromatic heterocycles. The second-order valence-electron chi connectivity index (χ2n) is 8.39. The fourth-order valence-corrected chi connectivity index (χ4v) is 4.87. The van der Waals surface area contributed by atoms with Crippen LogP contribution in [0.1, 0.15) is 31.2 Å². The zero-order valence-corrected chi connectivity index (χ0v) is 17.9. The Bertz CT molecular complexity index is 1200. The third-order valence-corrected chi connectivity index (χ3v) is 6.74. The Hall–Kier alpha value is -2.37. The number of rotatable bonds is 5. The molecule has 0 amide bonds. The summed E-state index contributed by atoms with van der Waals surface area (Å²) in [6.45, 7) is 5.07. The van der Waals surface area contributed by atoms with Gasteiger partial charge in [0.2, 0.25) is 0 Å². The molecule has 2 aromatic carbocycles. The van der Waals surface area contributed by atoms with Gasteiger partial charge < -0.3 is 14.9 Å². The van der Waals surface area contributed by atoms with Crippen LogP contribution in [0.5, 0.6) is 0 Å². The second-order valence-corrected chi connectivity index (χ2v) is 8.80. The van der Waals surface area contributed by atoms with Crippen LogP contribution in [-0.4, -0.2) is 27.6 Å². The lowest BCUT2D eigenvalue weighted by Gasteiger charge is -2.22. The third kappa shape index (κ3) is 3.61. The fourth-order valence-electron chi connectivity index (χ4n) is 4.62. The van der Waals surface area contributed by atoms with E-state index in [-0.39, 0.29) is 5.82 Å². The van der Waals surface area contributed by atoms with Crippen LogP contribution < -0.4 is 5.32 Å². The van der Waals surface area contributed by atoms with Crippen molar-refractivity contribution in [2.75, 3.05) is 13.1 Å². The number of hydrogen-bond donors (Lipinski definition) is 2. The Morgan fingerprint density at radius 1 is 1.20 bits per heavy atom. The summed E-state index contributed by atoms with van der Waals surface area (Å²) in [5.41, 5.74) is 4.00. The first kappa shape index (κ1) is 19.6. The highest BCUT2D eigenvalue weighted by Gasteiger charge is 2.15. The Labute approximate surface area is 180 Å². The number of piperidine rings is 1. The van der Waals surface area contributed by atoms with E-state index in [1.165, 1.54) is 31.7 Å². The first-order valence-corrected chi connectivity index (χ1v) is 11.1. The van der Waals surface area contributed by atoms with E-state index >= 15 is 0 Å². The third-order valence-electron chi connectivity index (χ3n) is 6.43. The molecule has 0 aliphatic carbocycles. The highest BCUT2D eigenvalue weighted by Crippen LogP contribution is 2.33.